The maximum atomic E-state index is 12.5. The average molecular weight is 422 g/mol. The third-order valence-electron chi connectivity index (χ3n) is 5.66. The first-order valence-electron chi connectivity index (χ1n) is 10.5. The molecule has 7 heteroatoms. The highest BCUT2D eigenvalue weighted by atomic mass is 32.1. The minimum absolute atomic E-state index is 0.0452. The van der Waals surface area contributed by atoms with Gasteiger partial charge in [0, 0.05) is 30.3 Å². The molecule has 4 rings (SSSR count). The van der Waals surface area contributed by atoms with Crippen molar-refractivity contribution in [2.45, 2.75) is 32.9 Å². The number of hydrogen-bond acceptors (Lipinski definition) is 4. The van der Waals surface area contributed by atoms with Crippen LogP contribution in [0.5, 0.6) is 0 Å². The van der Waals surface area contributed by atoms with Crippen molar-refractivity contribution < 1.29 is 4.79 Å². The predicted octanol–water partition coefficient (Wildman–Crippen LogP) is 4.48. The first-order valence-corrected chi connectivity index (χ1v) is 10.9. The van der Waals surface area contributed by atoms with Crippen LogP contribution in [0.4, 0.5) is 5.69 Å². The van der Waals surface area contributed by atoms with Crippen LogP contribution in [0, 0.1) is 10.7 Å². The van der Waals surface area contributed by atoms with Gasteiger partial charge in [0.25, 0.3) is 0 Å². The number of piperidine rings is 1. The van der Waals surface area contributed by atoms with Gasteiger partial charge in [0.15, 0.2) is 5.82 Å². The van der Waals surface area contributed by atoms with Gasteiger partial charge < -0.3 is 5.32 Å². The largest absolute Gasteiger partial charge is 0.326 e. The summed E-state index contributed by atoms with van der Waals surface area (Å²) in [4.78, 5) is 19.4. The molecule has 0 bridgehead atoms. The Bertz CT molecular complexity index is 1030. The summed E-state index contributed by atoms with van der Waals surface area (Å²) in [6.45, 7) is 4.51. The molecule has 0 spiro atoms. The summed E-state index contributed by atoms with van der Waals surface area (Å²) in [5.74, 6) is 0.945. The van der Waals surface area contributed by atoms with E-state index in [0.29, 0.717) is 11.4 Å². The van der Waals surface area contributed by atoms with Crippen LogP contribution in [0.3, 0.4) is 0 Å². The monoisotopic (exact) mass is 421 g/mol. The Balaban J connectivity index is 1.33. The summed E-state index contributed by atoms with van der Waals surface area (Å²) in [7, 11) is 0. The van der Waals surface area contributed by atoms with E-state index in [0.717, 1.165) is 49.4 Å². The van der Waals surface area contributed by atoms with E-state index < -0.39 is 0 Å². The zero-order chi connectivity index (χ0) is 20.9. The lowest BCUT2D eigenvalue weighted by Crippen LogP contribution is -2.39. The van der Waals surface area contributed by atoms with Crippen LogP contribution >= 0.6 is 12.2 Å². The van der Waals surface area contributed by atoms with Crippen LogP contribution in [0.25, 0.3) is 11.4 Å². The number of para-hydroxylation sites is 1. The van der Waals surface area contributed by atoms with E-state index in [9.17, 15) is 4.79 Å². The van der Waals surface area contributed by atoms with Crippen LogP contribution < -0.4 is 5.32 Å². The van der Waals surface area contributed by atoms with Crippen molar-refractivity contribution in [3.63, 3.8) is 0 Å². The second-order valence-electron chi connectivity index (χ2n) is 7.72. The van der Waals surface area contributed by atoms with Gasteiger partial charge in [0.05, 0.1) is 6.67 Å². The first kappa shape index (κ1) is 20.5. The van der Waals surface area contributed by atoms with E-state index in [4.69, 9.17) is 12.2 Å². The lowest BCUT2D eigenvalue weighted by Gasteiger charge is -2.31. The van der Waals surface area contributed by atoms with E-state index >= 15 is 0 Å². The summed E-state index contributed by atoms with van der Waals surface area (Å²) in [5, 5.41) is 6.35. The van der Waals surface area contributed by atoms with Crippen molar-refractivity contribution in [2.75, 3.05) is 18.4 Å². The third kappa shape index (κ3) is 4.86. The molecule has 156 valence electrons. The molecule has 2 heterocycles. The van der Waals surface area contributed by atoms with Crippen LogP contribution in [0.2, 0.25) is 0 Å². The van der Waals surface area contributed by atoms with Gasteiger partial charge in [0.1, 0.15) is 0 Å². The fraction of sp³-hybridized carbons (Fsp3) is 0.348. The van der Waals surface area contributed by atoms with Gasteiger partial charge in [-0.25, -0.2) is 4.68 Å². The highest BCUT2D eigenvalue weighted by Gasteiger charge is 2.25. The van der Waals surface area contributed by atoms with Crippen molar-refractivity contribution in [2.24, 2.45) is 5.92 Å². The standard InChI is InChI=1S/C23H27N5OS/c1-2-17-8-10-18(11-9-17)21-25-23(30)28(26-21)16-27-14-12-19(13-15-27)22(29)24-20-6-4-3-5-7-20/h3-11,19H,2,12-16H2,1H3,(H,24,29)(H,25,26,30). The van der Waals surface area contributed by atoms with Crippen molar-refractivity contribution >= 4 is 23.8 Å². The topological polar surface area (TPSA) is 66.0 Å². The number of rotatable bonds is 6. The predicted molar refractivity (Wildman–Crippen MR) is 122 cm³/mol. The second kappa shape index (κ2) is 9.36. The van der Waals surface area contributed by atoms with Gasteiger partial charge in [-0.15, -0.1) is 0 Å². The van der Waals surface area contributed by atoms with Gasteiger partial charge in [-0.2, -0.15) is 4.98 Å². The second-order valence-corrected chi connectivity index (χ2v) is 8.09. The number of hydrogen-bond donors (Lipinski definition) is 2. The highest BCUT2D eigenvalue weighted by molar-refractivity contribution is 7.71. The van der Waals surface area contributed by atoms with Crippen LogP contribution in [0.15, 0.2) is 54.6 Å². The molecule has 0 unspecified atom stereocenters. The summed E-state index contributed by atoms with van der Waals surface area (Å²) in [5.41, 5.74) is 3.19. The van der Waals surface area contributed by atoms with E-state index in [2.05, 4.69) is 51.5 Å². The molecule has 1 amide bonds. The van der Waals surface area contributed by atoms with Crippen molar-refractivity contribution in [1.29, 1.82) is 0 Å². The summed E-state index contributed by atoms with van der Waals surface area (Å²) < 4.78 is 2.46. The molecule has 1 aromatic heterocycles. The molecule has 1 fully saturated rings. The van der Waals surface area contributed by atoms with Crippen LogP contribution in [0.1, 0.15) is 25.3 Å². The van der Waals surface area contributed by atoms with Crippen molar-refractivity contribution in [3.05, 3.63) is 64.9 Å². The van der Waals surface area contributed by atoms with Gasteiger partial charge in [-0.05, 0) is 49.2 Å². The minimum Gasteiger partial charge on any atom is -0.326 e. The third-order valence-corrected chi connectivity index (χ3v) is 5.97. The smallest absolute Gasteiger partial charge is 0.227 e. The number of benzene rings is 2. The number of carbonyl (C=O) groups excluding carboxylic acids is 1. The summed E-state index contributed by atoms with van der Waals surface area (Å²) in [6.07, 6.45) is 2.70. The fourth-order valence-corrected chi connectivity index (χ4v) is 3.98. The Morgan fingerprint density at radius 2 is 1.83 bits per heavy atom. The number of aromatic nitrogens is 3. The number of aromatic amines is 1. The molecule has 6 nitrogen and oxygen atoms in total. The molecular weight excluding hydrogens is 394 g/mol. The van der Waals surface area contributed by atoms with Crippen LogP contribution in [-0.2, 0) is 17.9 Å². The molecule has 0 atom stereocenters. The zero-order valence-corrected chi connectivity index (χ0v) is 18.0. The summed E-state index contributed by atoms with van der Waals surface area (Å²) >= 11 is 5.46. The molecule has 0 radical (unpaired) electrons. The Labute approximate surface area is 181 Å². The maximum Gasteiger partial charge on any atom is 0.227 e. The van der Waals surface area contributed by atoms with Gasteiger partial charge >= 0.3 is 0 Å². The maximum absolute atomic E-state index is 12.5. The van der Waals surface area contributed by atoms with E-state index in [1.165, 1.54) is 5.56 Å². The lowest BCUT2D eigenvalue weighted by atomic mass is 9.96. The van der Waals surface area contributed by atoms with Gasteiger partial charge in [0.2, 0.25) is 10.7 Å². The molecule has 0 saturated carbocycles. The number of anilines is 1. The normalized spacial score (nSPS) is 15.2. The Morgan fingerprint density at radius 1 is 1.13 bits per heavy atom. The number of H-pyrrole nitrogens is 1. The Morgan fingerprint density at radius 3 is 2.50 bits per heavy atom. The molecule has 2 aromatic carbocycles. The Hall–Kier alpha value is -2.77. The molecule has 1 aliphatic rings. The molecule has 0 aliphatic carbocycles. The quantitative estimate of drug-likeness (QED) is 0.576. The van der Waals surface area contributed by atoms with Gasteiger partial charge in [-0.3, -0.25) is 14.8 Å². The number of aryl methyl sites for hydroxylation is 1. The van der Waals surface area contributed by atoms with Crippen LogP contribution in [-0.4, -0.2) is 38.7 Å². The zero-order valence-electron chi connectivity index (χ0n) is 17.2. The van der Waals surface area contributed by atoms with Crippen molar-refractivity contribution in [3.8, 4) is 11.4 Å². The number of amides is 1. The molecule has 1 aliphatic heterocycles. The first-order chi connectivity index (χ1) is 14.6. The molecule has 3 aromatic rings. The van der Waals surface area contributed by atoms with E-state index in [1.807, 2.05) is 35.0 Å². The van der Waals surface area contributed by atoms with E-state index in [-0.39, 0.29) is 11.8 Å². The lowest BCUT2D eigenvalue weighted by molar-refractivity contribution is -0.121. The van der Waals surface area contributed by atoms with Crippen molar-refractivity contribution in [1.82, 2.24) is 19.7 Å². The fourth-order valence-electron chi connectivity index (χ4n) is 3.78. The van der Waals surface area contributed by atoms with Gasteiger partial charge in [-0.1, -0.05) is 49.4 Å². The summed E-state index contributed by atoms with van der Waals surface area (Å²) in [6, 6.07) is 18.0. The highest BCUT2D eigenvalue weighted by Crippen LogP contribution is 2.21. The molecule has 1 saturated heterocycles. The number of likely N-dealkylation sites (tertiary alicyclic amines) is 1. The Kier molecular flexibility index (Phi) is 6.40. The van der Waals surface area contributed by atoms with E-state index in [1.54, 1.807) is 0 Å². The average Bonchev–Trinajstić information content (AvgIpc) is 3.15. The number of carbonyl (C=O) groups is 1. The molecule has 30 heavy (non-hydrogen) atoms. The minimum atomic E-state index is 0.0452. The molecular formula is C23H27N5OS. The number of nitrogens with zero attached hydrogens (tertiary/aromatic N) is 3. The number of nitrogens with one attached hydrogen (secondary N) is 2. The molecule has 2 N–H and O–H groups in total. The SMILES string of the molecule is CCc1ccc(-c2nc(=S)n(CN3CCC(C(=O)Nc4ccccc4)CC3)[nH]2)cc1.